The molecule has 212 valence electrons. The van der Waals surface area contributed by atoms with Gasteiger partial charge in [0.05, 0.1) is 5.56 Å². The van der Waals surface area contributed by atoms with Crippen molar-refractivity contribution in [2.45, 2.75) is 72.2 Å². The van der Waals surface area contributed by atoms with Crippen LogP contribution in [0.2, 0.25) is 5.02 Å². The first-order valence-electron chi connectivity index (χ1n) is 12.0. The van der Waals surface area contributed by atoms with Crippen molar-refractivity contribution in [3.8, 4) is 0 Å². The standard InChI is InChI=1S/C12H13ClF3N3O.C12H17ClN2O.C2H6/c1-9(13)4-2-3-5-17-8-19-10(7-20)6-11(18-19)12(14,15)16;1-7(2)15-12(16)10-6-9(13)5-8(3)11(10)14-4;1-2/h2,4-7,9H,3,8H2,1H3;5-7,14H,1-4H3,(H,15,16);1-2H3/b4-2-,17-5-;;. The summed E-state index contributed by atoms with van der Waals surface area (Å²) < 4.78 is 38.2. The summed E-state index contributed by atoms with van der Waals surface area (Å²) in [6, 6.07) is 4.31. The molecule has 2 rings (SSSR count). The van der Waals surface area contributed by atoms with Gasteiger partial charge in [-0.3, -0.25) is 14.6 Å². The Hall–Kier alpha value is -2.85. The lowest BCUT2D eigenvalue weighted by Gasteiger charge is -2.14. The summed E-state index contributed by atoms with van der Waals surface area (Å²) in [4.78, 5) is 26.5. The topological polar surface area (TPSA) is 88.4 Å². The molecular weight excluding hydrogens is 542 g/mol. The van der Waals surface area contributed by atoms with Crippen LogP contribution in [0.4, 0.5) is 18.9 Å². The molecule has 12 heteroatoms. The summed E-state index contributed by atoms with van der Waals surface area (Å²) in [5.74, 6) is -0.107. The number of anilines is 1. The average molecular weight is 579 g/mol. The number of aliphatic imine (C=N–C) groups is 1. The van der Waals surface area contributed by atoms with E-state index in [1.165, 1.54) is 6.21 Å². The predicted molar refractivity (Wildman–Crippen MR) is 150 cm³/mol. The number of aryl methyl sites for hydroxylation is 1. The van der Waals surface area contributed by atoms with Crippen LogP contribution < -0.4 is 10.6 Å². The van der Waals surface area contributed by atoms with Crippen LogP contribution in [0, 0.1) is 6.92 Å². The van der Waals surface area contributed by atoms with Crippen molar-refractivity contribution in [2.24, 2.45) is 4.99 Å². The number of halogens is 5. The zero-order valence-electron chi connectivity index (χ0n) is 22.7. The van der Waals surface area contributed by atoms with E-state index in [9.17, 15) is 22.8 Å². The van der Waals surface area contributed by atoms with Gasteiger partial charge in [0, 0.05) is 41.8 Å². The van der Waals surface area contributed by atoms with Crippen LogP contribution in [0.5, 0.6) is 0 Å². The van der Waals surface area contributed by atoms with Crippen LogP contribution >= 0.6 is 23.2 Å². The maximum absolute atomic E-state index is 12.4. The number of nitrogens with one attached hydrogen (secondary N) is 2. The van der Waals surface area contributed by atoms with E-state index in [1.807, 2.05) is 40.7 Å². The number of aromatic nitrogens is 2. The van der Waals surface area contributed by atoms with E-state index >= 15 is 0 Å². The molecule has 1 heterocycles. The maximum atomic E-state index is 12.4. The number of amides is 1. The number of rotatable bonds is 9. The number of carbonyl (C=O) groups excluding carboxylic acids is 2. The maximum Gasteiger partial charge on any atom is 0.435 e. The Morgan fingerprint density at radius 2 is 1.84 bits per heavy atom. The van der Waals surface area contributed by atoms with Crippen molar-refractivity contribution < 1.29 is 22.8 Å². The molecule has 0 radical (unpaired) electrons. The molecule has 1 aromatic carbocycles. The van der Waals surface area contributed by atoms with E-state index in [-0.39, 0.29) is 29.7 Å². The molecule has 0 fully saturated rings. The monoisotopic (exact) mass is 577 g/mol. The van der Waals surface area contributed by atoms with Gasteiger partial charge in [-0.15, -0.1) is 11.6 Å². The number of hydrogen-bond donors (Lipinski definition) is 2. The number of benzene rings is 1. The van der Waals surface area contributed by atoms with Crippen molar-refractivity contribution in [1.82, 2.24) is 15.1 Å². The van der Waals surface area contributed by atoms with Crippen molar-refractivity contribution in [3.05, 3.63) is 57.9 Å². The van der Waals surface area contributed by atoms with E-state index in [2.05, 4.69) is 20.7 Å². The zero-order valence-corrected chi connectivity index (χ0v) is 24.2. The van der Waals surface area contributed by atoms with E-state index in [1.54, 1.807) is 32.2 Å². The molecule has 2 N–H and O–H groups in total. The molecule has 0 aliphatic heterocycles. The van der Waals surface area contributed by atoms with Gasteiger partial charge < -0.3 is 10.6 Å². The van der Waals surface area contributed by atoms with E-state index in [0.29, 0.717) is 29.4 Å². The van der Waals surface area contributed by atoms with Gasteiger partial charge in [-0.25, -0.2) is 4.68 Å². The second kappa shape index (κ2) is 17.6. The van der Waals surface area contributed by atoms with Gasteiger partial charge in [0.1, 0.15) is 12.4 Å². The van der Waals surface area contributed by atoms with Gasteiger partial charge in [-0.2, -0.15) is 18.3 Å². The number of allylic oxidation sites excluding steroid dienone is 2. The normalized spacial score (nSPS) is 12.0. The molecule has 0 aliphatic carbocycles. The van der Waals surface area contributed by atoms with Crippen molar-refractivity contribution in [3.63, 3.8) is 0 Å². The molecule has 38 heavy (non-hydrogen) atoms. The van der Waals surface area contributed by atoms with Gasteiger partial charge in [-0.1, -0.05) is 37.6 Å². The molecule has 1 amide bonds. The van der Waals surface area contributed by atoms with Crippen LogP contribution in [0.3, 0.4) is 0 Å². The molecule has 1 unspecified atom stereocenters. The van der Waals surface area contributed by atoms with E-state index < -0.39 is 11.9 Å². The third-order valence-electron chi connectivity index (χ3n) is 4.42. The van der Waals surface area contributed by atoms with Crippen molar-refractivity contribution >= 4 is 47.3 Å². The summed E-state index contributed by atoms with van der Waals surface area (Å²) in [7, 11) is 1.79. The average Bonchev–Trinajstić information content (AvgIpc) is 3.26. The molecule has 2 aromatic rings. The highest BCUT2D eigenvalue weighted by molar-refractivity contribution is 6.31. The minimum atomic E-state index is -4.58. The number of hydrogen-bond acceptors (Lipinski definition) is 5. The highest BCUT2D eigenvalue weighted by atomic mass is 35.5. The first-order valence-corrected chi connectivity index (χ1v) is 12.8. The molecule has 1 aromatic heterocycles. The number of nitrogens with zero attached hydrogens (tertiary/aromatic N) is 3. The fraction of sp³-hybridized carbons (Fsp3) is 0.462. The highest BCUT2D eigenvalue weighted by Crippen LogP contribution is 2.28. The van der Waals surface area contributed by atoms with Crippen LogP contribution in [-0.2, 0) is 12.8 Å². The Balaban J connectivity index is 0.000000690. The van der Waals surface area contributed by atoms with Crippen LogP contribution in [0.25, 0.3) is 0 Å². The molecule has 0 aliphatic rings. The zero-order chi connectivity index (χ0) is 29.5. The number of alkyl halides is 4. The fourth-order valence-corrected chi connectivity index (χ4v) is 3.28. The quantitative estimate of drug-likeness (QED) is 0.143. The minimum absolute atomic E-state index is 0.0921. The van der Waals surface area contributed by atoms with Crippen LogP contribution in [0.15, 0.2) is 35.3 Å². The third-order valence-corrected chi connectivity index (χ3v) is 4.79. The third kappa shape index (κ3) is 12.6. The molecule has 0 saturated heterocycles. The van der Waals surface area contributed by atoms with E-state index in [0.717, 1.165) is 15.9 Å². The Morgan fingerprint density at radius 1 is 1.21 bits per heavy atom. The Labute approximate surface area is 232 Å². The smallest absolute Gasteiger partial charge is 0.387 e. The van der Waals surface area contributed by atoms with Gasteiger partial charge >= 0.3 is 6.18 Å². The van der Waals surface area contributed by atoms with Gasteiger partial charge in [0.15, 0.2) is 12.0 Å². The molecule has 0 spiro atoms. The second-order valence-corrected chi connectivity index (χ2v) is 9.07. The summed E-state index contributed by atoms with van der Waals surface area (Å²) in [6.45, 7) is 11.4. The number of aldehydes is 1. The summed E-state index contributed by atoms with van der Waals surface area (Å²) >= 11 is 11.6. The highest BCUT2D eigenvalue weighted by Gasteiger charge is 2.34. The lowest BCUT2D eigenvalue weighted by atomic mass is 10.1. The Morgan fingerprint density at radius 3 is 2.34 bits per heavy atom. The molecule has 0 saturated carbocycles. The van der Waals surface area contributed by atoms with Crippen LogP contribution in [0.1, 0.15) is 73.1 Å². The van der Waals surface area contributed by atoms with Gasteiger partial charge in [0.25, 0.3) is 5.91 Å². The molecule has 1 atom stereocenters. The summed E-state index contributed by atoms with van der Waals surface area (Å²) in [5, 5.41) is 9.66. The molecule has 7 nitrogen and oxygen atoms in total. The Kier molecular flexibility index (Phi) is 16.3. The largest absolute Gasteiger partial charge is 0.435 e. The lowest BCUT2D eigenvalue weighted by Crippen LogP contribution is -2.30. The van der Waals surface area contributed by atoms with Gasteiger partial charge in [-0.05, 0) is 51.5 Å². The SMILES string of the molecule is CC.CC(Cl)/C=C\C/C=N\Cn1nc(C(F)(F)F)cc1C=O.CNc1c(C)cc(Cl)cc1C(=O)NC(C)C. The second-order valence-electron chi connectivity index (χ2n) is 7.94. The van der Waals surface area contributed by atoms with Crippen LogP contribution in [-0.4, -0.2) is 46.7 Å². The number of carbonyl (C=O) groups is 2. The van der Waals surface area contributed by atoms with Crippen molar-refractivity contribution in [2.75, 3.05) is 12.4 Å². The van der Waals surface area contributed by atoms with Crippen molar-refractivity contribution in [1.29, 1.82) is 0 Å². The Bertz CT molecular complexity index is 1080. The summed E-state index contributed by atoms with van der Waals surface area (Å²) in [6.07, 6.45) is 1.30. The van der Waals surface area contributed by atoms with E-state index in [4.69, 9.17) is 23.2 Å². The first-order chi connectivity index (χ1) is 17.8. The predicted octanol–water partition coefficient (Wildman–Crippen LogP) is 7.17. The molecule has 0 bridgehead atoms. The lowest BCUT2D eigenvalue weighted by molar-refractivity contribution is -0.141. The first kappa shape index (κ1) is 35.2. The fourth-order valence-electron chi connectivity index (χ4n) is 2.91. The minimum Gasteiger partial charge on any atom is -0.387 e. The molecular formula is C26H36Cl2F3N5O2. The summed E-state index contributed by atoms with van der Waals surface area (Å²) in [5.41, 5.74) is 1.10. The van der Waals surface area contributed by atoms with Gasteiger partial charge in [0.2, 0.25) is 0 Å².